The summed E-state index contributed by atoms with van der Waals surface area (Å²) < 4.78 is 21.4. The Balaban J connectivity index is 2.31. The Morgan fingerprint density at radius 3 is 2.45 bits per heavy atom. The normalized spacial score (nSPS) is 13.1. The van der Waals surface area contributed by atoms with Gasteiger partial charge >= 0.3 is 0 Å². The summed E-state index contributed by atoms with van der Waals surface area (Å²) in [6.45, 7) is 6.91. The summed E-state index contributed by atoms with van der Waals surface area (Å²) in [6, 6.07) is 11.9. The maximum atomic E-state index is 15.6. The molecular weight excluding hydrogens is 417 g/mol. The zero-order valence-electron chi connectivity index (χ0n) is 18.5. The van der Waals surface area contributed by atoms with Crippen molar-refractivity contribution in [1.82, 2.24) is 10.6 Å². The molecule has 0 spiro atoms. The van der Waals surface area contributed by atoms with Gasteiger partial charge in [-0.25, -0.2) is 4.39 Å². The smallest absolute Gasteiger partial charge is 0.221 e. The van der Waals surface area contributed by atoms with Gasteiger partial charge in [0.1, 0.15) is 5.75 Å². The molecule has 0 unspecified atom stereocenters. The predicted octanol–water partition coefficient (Wildman–Crippen LogP) is 5.19. The minimum Gasteiger partial charge on any atom is -0.453 e. The van der Waals surface area contributed by atoms with Crippen molar-refractivity contribution >= 4 is 17.5 Å². The molecule has 0 saturated carbocycles. The molecule has 4 N–H and O–H groups in total. The van der Waals surface area contributed by atoms with Gasteiger partial charge in [0.05, 0.1) is 5.02 Å². The molecular formula is C24H33ClFN3O2. The average molecular weight is 450 g/mol. The van der Waals surface area contributed by atoms with Gasteiger partial charge < -0.3 is 21.1 Å². The van der Waals surface area contributed by atoms with Gasteiger partial charge in [0.15, 0.2) is 11.6 Å². The number of carbonyl (C=O) groups is 1. The lowest BCUT2D eigenvalue weighted by molar-refractivity contribution is -0.121. The highest BCUT2D eigenvalue weighted by atomic mass is 35.5. The van der Waals surface area contributed by atoms with Crippen LogP contribution in [0.4, 0.5) is 4.39 Å². The van der Waals surface area contributed by atoms with Crippen molar-refractivity contribution in [3.05, 3.63) is 58.9 Å². The number of nitrogens with two attached hydrogens (primary N) is 1. The SMILES string of the molecule is CCC(CC)[C@@H](N[C@@H](C)CC(=O)NCCN)c1ccc(Cl)c(Oc2ccccc2)c1F. The first-order chi connectivity index (χ1) is 14.9. The van der Waals surface area contributed by atoms with Crippen molar-refractivity contribution in [2.24, 2.45) is 11.7 Å². The molecule has 0 saturated heterocycles. The lowest BCUT2D eigenvalue weighted by Crippen LogP contribution is -2.39. The molecule has 7 heteroatoms. The molecule has 2 rings (SSSR count). The van der Waals surface area contributed by atoms with Crippen molar-refractivity contribution in [1.29, 1.82) is 0 Å². The summed E-state index contributed by atoms with van der Waals surface area (Å²) in [5, 5.41) is 6.45. The highest BCUT2D eigenvalue weighted by Crippen LogP contribution is 2.38. The third kappa shape index (κ3) is 7.20. The van der Waals surface area contributed by atoms with Gasteiger partial charge in [0.2, 0.25) is 5.91 Å². The Hall–Kier alpha value is -2.15. The van der Waals surface area contributed by atoms with Crippen molar-refractivity contribution in [2.75, 3.05) is 13.1 Å². The van der Waals surface area contributed by atoms with Gasteiger partial charge in [0.25, 0.3) is 0 Å². The number of halogens is 2. The third-order valence-corrected chi connectivity index (χ3v) is 5.62. The summed E-state index contributed by atoms with van der Waals surface area (Å²) in [5.74, 6) is 0.127. The van der Waals surface area contributed by atoms with E-state index >= 15 is 4.39 Å². The summed E-state index contributed by atoms with van der Waals surface area (Å²) in [7, 11) is 0. The lowest BCUT2D eigenvalue weighted by Gasteiger charge is -2.31. The van der Waals surface area contributed by atoms with E-state index in [0.717, 1.165) is 12.8 Å². The summed E-state index contributed by atoms with van der Waals surface area (Å²) >= 11 is 6.28. The average Bonchev–Trinajstić information content (AvgIpc) is 2.76. The van der Waals surface area contributed by atoms with E-state index in [9.17, 15) is 4.79 Å². The summed E-state index contributed by atoms with van der Waals surface area (Å²) in [5.41, 5.74) is 5.93. The molecule has 0 heterocycles. The fourth-order valence-electron chi connectivity index (χ4n) is 3.66. The Labute approximate surface area is 189 Å². The van der Waals surface area contributed by atoms with Crippen LogP contribution in [0.15, 0.2) is 42.5 Å². The number of hydrogen-bond acceptors (Lipinski definition) is 4. The monoisotopic (exact) mass is 449 g/mol. The van der Waals surface area contributed by atoms with Crippen molar-refractivity contribution in [2.45, 2.75) is 52.1 Å². The Kier molecular flexibility index (Phi) is 10.2. The molecule has 31 heavy (non-hydrogen) atoms. The van der Waals surface area contributed by atoms with E-state index < -0.39 is 5.82 Å². The molecule has 5 nitrogen and oxygen atoms in total. The van der Waals surface area contributed by atoms with E-state index in [1.165, 1.54) is 0 Å². The summed E-state index contributed by atoms with van der Waals surface area (Å²) in [6.07, 6.45) is 1.99. The Morgan fingerprint density at radius 1 is 1.16 bits per heavy atom. The predicted molar refractivity (Wildman–Crippen MR) is 124 cm³/mol. The molecule has 0 bridgehead atoms. The van der Waals surface area contributed by atoms with Crippen LogP contribution in [0.2, 0.25) is 5.02 Å². The topological polar surface area (TPSA) is 76.4 Å². The van der Waals surface area contributed by atoms with Crippen LogP contribution in [0.25, 0.3) is 0 Å². The maximum Gasteiger partial charge on any atom is 0.221 e. The molecule has 0 aliphatic carbocycles. The largest absolute Gasteiger partial charge is 0.453 e. The van der Waals surface area contributed by atoms with Crippen LogP contribution in [0.1, 0.15) is 51.6 Å². The fourth-order valence-corrected chi connectivity index (χ4v) is 3.84. The van der Waals surface area contributed by atoms with Gasteiger partial charge in [-0.3, -0.25) is 4.79 Å². The molecule has 1 amide bonds. The zero-order valence-corrected chi connectivity index (χ0v) is 19.2. The van der Waals surface area contributed by atoms with Gasteiger partial charge in [-0.05, 0) is 31.0 Å². The Morgan fingerprint density at radius 2 is 1.84 bits per heavy atom. The maximum absolute atomic E-state index is 15.6. The van der Waals surface area contributed by atoms with Crippen molar-refractivity contribution < 1.29 is 13.9 Å². The van der Waals surface area contributed by atoms with E-state index in [4.69, 9.17) is 22.1 Å². The van der Waals surface area contributed by atoms with Gasteiger partial charge in [0, 0.05) is 37.2 Å². The number of nitrogens with one attached hydrogen (secondary N) is 2. The van der Waals surface area contributed by atoms with Crippen LogP contribution in [0.5, 0.6) is 11.5 Å². The number of amides is 1. The quantitative estimate of drug-likeness (QED) is 0.416. The van der Waals surface area contributed by atoms with Crippen LogP contribution in [-0.2, 0) is 4.79 Å². The Bertz CT molecular complexity index is 831. The van der Waals surface area contributed by atoms with Crippen LogP contribution in [0, 0.1) is 11.7 Å². The second-order valence-electron chi connectivity index (χ2n) is 7.66. The first-order valence-electron chi connectivity index (χ1n) is 10.8. The van der Waals surface area contributed by atoms with E-state index in [1.54, 1.807) is 24.3 Å². The fraction of sp³-hybridized carbons (Fsp3) is 0.458. The third-order valence-electron chi connectivity index (χ3n) is 5.32. The van der Waals surface area contributed by atoms with Gasteiger partial charge in [-0.2, -0.15) is 0 Å². The van der Waals surface area contributed by atoms with Gasteiger partial charge in [-0.15, -0.1) is 0 Å². The van der Waals surface area contributed by atoms with Crippen molar-refractivity contribution in [3.8, 4) is 11.5 Å². The molecule has 2 aromatic carbocycles. The van der Waals surface area contributed by atoms with Crippen molar-refractivity contribution in [3.63, 3.8) is 0 Å². The van der Waals surface area contributed by atoms with Crippen LogP contribution < -0.4 is 21.1 Å². The molecule has 0 aromatic heterocycles. The first-order valence-corrected chi connectivity index (χ1v) is 11.2. The van der Waals surface area contributed by atoms with E-state index in [2.05, 4.69) is 24.5 Å². The molecule has 0 aliphatic rings. The lowest BCUT2D eigenvalue weighted by atomic mass is 9.87. The van der Waals surface area contributed by atoms with E-state index in [1.807, 2.05) is 25.1 Å². The van der Waals surface area contributed by atoms with Crippen LogP contribution >= 0.6 is 11.6 Å². The number of para-hydroxylation sites is 1. The molecule has 2 atom stereocenters. The second-order valence-corrected chi connectivity index (χ2v) is 8.07. The first kappa shape index (κ1) is 25.1. The highest BCUT2D eigenvalue weighted by molar-refractivity contribution is 6.32. The number of benzene rings is 2. The molecule has 0 aliphatic heterocycles. The van der Waals surface area contributed by atoms with Crippen LogP contribution in [0.3, 0.4) is 0 Å². The minimum absolute atomic E-state index is 0.0106. The number of ether oxygens (including phenoxy) is 1. The standard InChI is InChI=1S/C24H33ClFN3O2/c1-4-17(5-2)23(29-16(3)15-21(30)28-14-13-27)19-11-12-20(25)24(22(19)26)31-18-9-7-6-8-10-18/h6-12,16-17,23,29H,4-5,13-15,27H2,1-3H3,(H,28,30)/t16-,23+/m0/s1. The molecule has 170 valence electrons. The number of hydrogen-bond donors (Lipinski definition) is 3. The second kappa shape index (κ2) is 12.6. The van der Waals surface area contributed by atoms with E-state index in [0.29, 0.717) is 24.4 Å². The van der Waals surface area contributed by atoms with Gasteiger partial charge in [-0.1, -0.05) is 62.6 Å². The highest BCUT2D eigenvalue weighted by Gasteiger charge is 2.28. The summed E-state index contributed by atoms with van der Waals surface area (Å²) in [4.78, 5) is 12.1. The number of carbonyl (C=O) groups excluding carboxylic acids is 1. The molecule has 2 aromatic rings. The molecule has 0 radical (unpaired) electrons. The minimum atomic E-state index is -0.486. The van der Waals surface area contributed by atoms with Crippen LogP contribution in [-0.4, -0.2) is 25.0 Å². The number of rotatable bonds is 12. The molecule has 0 fully saturated rings. The van der Waals surface area contributed by atoms with E-state index in [-0.39, 0.29) is 41.1 Å². The zero-order chi connectivity index (χ0) is 22.8.